The number of nitrogens with zero attached hydrogens (tertiary/aromatic N) is 5. The molecule has 3 aromatic rings. The molecule has 0 fully saturated rings. The summed E-state index contributed by atoms with van der Waals surface area (Å²) in [5.74, 6) is 1.32. The zero-order valence-corrected chi connectivity index (χ0v) is 13.0. The van der Waals surface area contributed by atoms with Gasteiger partial charge in [0.1, 0.15) is 6.33 Å². The summed E-state index contributed by atoms with van der Waals surface area (Å²) in [7, 11) is 0. The van der Waals surface area contributed by atoms with E-state index in [4.69, 9.17) is 4.52 Å². The monoisotopic (exact) mass is 313 g/mol. The molecule has 0 amide bonds. The maximum absolute atomic E-state index is 5.46. The fraction of sp³-hybridized carbons (Fsp3) is 0.333. The average molecular weight is 313 g/mol. The van der Waals surface area contributed by atoms with E-state index in [1.807, 2.05) is 23.7 Å². The molecule has 0 saturated carbocycles. The van der Waals surface area contributed by atoms with Gasteiger partial charge in [-0.3, -0.25) is 4.90 Å². The van der Waals surface area contributed by atoms with E-state index >= 15 is 0 Å². The van der Waals surface area contributed by atoms with Gasteiger partial charge < -0.3 is 4.52 Å². The topological polar surface area (TPSA) is 67.9 Å². The fourth-order valence-corrected chi connectivity index (χ4v) is 3.32. The SMILES string of the molecule is C[C@@H](c1nc(-c2cccs2)no1)N1CCc2cncnc2C1. The molecule has 1 aliphatic heterocycles. The molecule has 1 atom stereocenters. The zero-order valence-electron chi connectivity index (χ0n) is 12.1. The molecule has 0 spiro atoms. The van der Waals surface area contributed by atoms with Crippen molar-refractivity contribution in [2.75, 3.05) is 6.54 Å². The third kappa shape index (κ3) is 2.42. The third-order valence-corrected chi connectivity index (χ3v) is 4.86. The van der Waals surface area contributed by atoms with Crippen molar-refractivity contribution in [2.45, 2.75) is 25.9 Å². The second-order valence-electron chi connectivity index (χ2n) is 5.32. The van der Waals surface area contributed by atoms with Crippen molar-refractivity contribution in [3.8, 4) is 10.7 Å². The average Bonchev–Trinajstić information content (AvgIpc) is 3.24. The Bertz CT molecular complexity index is 770. The Kier molecular flexibility index (Phi) is 3.44. The van der Waals surface area contributed by atoms with Crippen LogP contribution in [-0.4, -0.2) is 31.6 Å². The first-order chi connectivity index (χ1) is 10.8. The Hall–Kier alpha value is -2.12. The van der Waals surface area contributed by atoms with Crippen LogP contribution in [0.15, 0.2) is 34.6 Å². The maximum Gasteiger partial charge on any atom is 0.244 e. The van der Waals surface area contributed by atoms with Gasteiger partial charge in [0, 0.05) is 19.3 Å². The largest absolute Gasteiger partial charge is 0.337 e. The van der Waals surface area contributed by atoms with Crippen molar-refractivity contribution >= 4 is 11.3 Å². The van der Waals surface area contributed by atoms with E-state index in [2.05, 4.69) is 31.9 Å². The van der Waals surface area contributed by atoms with Gasteiger partial charge in [-0.25, -0.2) is 9.97 Å². The molecule has 0 unspecified atom stereocenters. The van der Waals surface area contributed by atoms with Crippen LogP contribution < -0.4 is 0 Å². The number of thiophene rings is 1. The second-order valence-corrected chi connectivity index (χ2v) is 6.27. The van der Waals surface area contributed by atoms with Crippen LogP contribution in [0.1, 0.15) is 30.1 Å². The number of fused-ring (bicyclic) bond motifs is 1. The molecule has 0 bridgehead atoms. The van der Waals surface area contributed by atoms with Crippen LogP contribution in [0.5, 0.6) is 0 Å². The van der Waals surface area contributed by atoms with Gasteiger partial charge in [0.15, 0.2) is 0 Å². The molecule has 3 aromatic heterocycles. The fourth-order valence-electron chi connectivity index (χ4n) is 2.67. The number of aromatic nitrogens is 4. The van der Waals surface area contributed by atoms with Gasteiger partial charge in [-0.05, 0) is 30.4 Å². The van der Waals surface area contributed by atoms with E-state index in [1.165, 1.54) is 5.56 Å². The van der Waals surface area contributed by atoms with Crippen LogP contribution in [0.25, 0.3) is 10.7 Å². The Morgan fingerprint density at radius 3 is 3.23 bits per heavy atom. The number of hydrogen-bond donors (Lipinski definition) is 0. The summed E-state index contributed by atoms with van der Waals surface area (Å²) in [6, 6.07) is 4.06. The highest BCUT2D eigenvalue weighted by Crippen LogP contribution is 2.28. The number of rotatable bonds is 3. The molecule has 0 aromatic carbocycles. The van der Waals surface area contributed by atoms with Crippen LogP contribution in [-0.2, 0) is 13.0 Å². The minimum atomic E-state index is 0.0735. The number of hydrogen-bond acceptors (Lipinski definition) is 7. The molecule has 0 radical (unpaired) electrons. The van der Waals surface area contributed by atoms with Gasteiger partial charge in [0.2, 0.25) is 11.7 Å². The standard InChI is InChI=1S/C15H15N5OS/c1-10(15-18-14(19-21-15)13-3-2-6-22-13)20-5-4-11-7-16-9-17-12(11)8-20/h2-3,6-7,9-10H,4-5,8H2,1H3/t10-/m0/s1. The normalized spacial score (nSPS) is 16.4. The first kappa shape index (κ1) is 13.5. The molecule has 6 nitrogen and oxygen atoms in total. The zero-order chi connectivity index (χ0) is 14.9. The molecule has 22 heavy (non-hydrogen) atoms. The van der Waals surface area contributed by atoms with Crippen LogP contribution >= 0.6 is 11.3 Å². The third-order valence-electron chi connectivity index (χ3n) is 3.99. The lowest BCUT2D eigenvalue weighted by atomic mass is 10.1. The molecule has 4 rings (SSSR count). The van der Waals surface area contributed by atoms with Crippen LogP contribution in [0.3, 0.4) is 0 Å². The summed E-state index contributed by atoms with van der Waals surface area (Å²) in [5, 5.41) is 6.10. The first-order valence-corrected chi connectivity index (χ1v) is 8.08. The first-order valence-electron chi connectivity index (χ1n) is 7.20. The summed E-state index contributed by atoms with van der Waals surface area (Å²) in [4.78, 5) is 16.3. The van der Waals surface area contributed by atoms with Gasteiger partial charge in [0.05, 0.1) is 16.6 Å². The molecular formula is C15H15N5OS. The van der Waals surface area contributed by atoms with Crippen molar-refractivity contribution in [1.82, 2.24) is 25.0 Å². The molecule has 0 saturated heterocycles. The van der Waals surface area contributed by atoms with Crippen LogP contribution in [0.4, 0.5) is 0 Å². The second kappa shape index (κ2) is 5.58. The molecule has 4 heterocycles. The molecule has 0 aliphatic carbocycles. The maximum atomic E-state index is 5.46. The highest BCUT2D eigenvalue weighted by molar-refractivity contribution is 7.13. The van der Waals surface area contributed by atoms with Crippen LogP contribution in [0.2, 0.25) is 0 Å². The highest BCUT2D eigenvalue weighted by atomic mass is 32.1. The predicted molar refractivity (Wildman–Crippen MR) is 82.2 cm³/mol. The van der Waals surface area contributed by atoms with Gasteiger partial charge in [-0.2, -0.15) is 4.98 Å². The predicted octanol–water partition coefficient (Wildman–Crippen LogP) is 2.71. The van der Waals surface area contributed by atoms with Gasteiger partial charge in [-0.15, -0.1) is 11.3 Å². The van der Waals surface area contributed by atoms with E-state index in [1.54, 1.807) is 17.7 Å². The van der Waals surface area contributed by atoms with E-state index in [0.29, 0.717) is 11.7 Å². The summed E-state index contributed by atoms with van der Waals surface area (Å²) in [5.41, 5.74) is 2.32. The molecule has 7 heteroatoms. The summed E-state index contributed by atoms with van der Waals surface area (Å²) in [6.07, 6.45) is 4.47. The van der Waals surface area contributed by atoms with Gasteiger partial charge >= 0.3 is 0 Å². The summed E-state index contributed by atoms with van der Waals surface area (Å²) < 4.78 is 5.46. The smallest absolute Gasteiger partial charge is 0.244 e. The Labute approximate surface area is 131 Å². The van der Waals surface area contributed by atoms with E-state index in [9.17, 15) is 0 Å². The lowest BCUT2D eigenvalue weighted by Crippen LogP contribution is -2.33. The van der Waals surface area contributed by atoms with Gasteiger partial charge in [-0.1, -0.05) is 11.2 Å². The molecule has 112 valence electrons. The van der Waals surface area contributed by atoms with Gasteiger partial charge in [0.25, 0.3) is 0 Å². The lowest BCUT2D eigenvalue weighted by Gasteiger charge is -2.30. The Morgan fingerprint density at radius 1 is 1.41 bits per heavy atom. The quantitative estimate of drug-likeness (QED) is 0.740. The minimum Gasteiger partial charge on any atom is -0.337 e. The molecular weight excluding hydrogens is 298 g/mol. The lowest BCUT2D eigenvalue weighted by molar-refractivity contribution is 0.155. The van der Waals surface area contributed by atoms with Crippen LogP contribution in [0, 0.1) is 0 Å². The summed E-state index contributed by atoms with van der Waals surface area (Å²) >= 11 is 1.61. The van der Waals surface area contributed by atoms with Crippen molar-refractivity contribution in [3.05, 3.63) is 47.2 Å². The van der Waals surface area contributed by atoms with E-state index in [0.717, 1.165) is 30.1 Å². The van der Waals surface area contributed by atoms with E-state index in [-0.39, 0.29) is 6.04 Å². The van der Waals surface area contributed by atoms with Crippen molar-refractivity contribution in [2.24, 2.45) is 0 Å². The highest BCUT2D eigenvalue weighted by Gasteiger charge is 2.26. The summed E-state index contributed by atoms with van der Waals surface area (Å²) in [6.45, 7) is 3.83. The van der Waals surface area contributed by atoms with Crippen molar-refractivity contribution in [1.29, 1.82) is 0 Å². The minimum absolute atomic E-state index is 0.0735. The Balaban J connectivity index is 1.54. The van der Waals surface area contributed by atoms with Crippen molar-refractivity contribution < 1.29 is 4.52 Å². The molecule has 0 N–H and O–H groups in total. The van der Waals surface area contributed by atoms with Crippen molar-refractivity contribution in [3.63, 3.8) is 0 Å². The Morgan fingerprint density at radius 2 is 2.36 bits per heavy atom. The van der Waals surface area contributed by atoms with E-state index < -0.39 is 0 Å². The molecule has 1 aliphatic rings.